The summed E-state index contributed by atoms with van der Waals surface area (Å²) in [6, 6.07) is 0. The Bertz CT molecular complexity index is 438. The fourth-order valence-corrected chi connectivity index (χ4v) is 3.15. The van der Waals surface area contributed by atoms with Crippen molar-refractivity contribution in [3.63, 3.8) is 0 Å². The fraction of sp³-hybridized carbons (Fsp3) is 0.900. The first-order chi connectivity index (χ1) is 9.15. The smallest absolute Gasteiger partial charge is 0.402 e. The zero-order valence-corrected chi connectivity index (χ0v) is 11.8. The molecular weight excluding hydrogens is 301 g/mol. The molecule has 1 fully saturated rings. The molecule has 0 unspecified atom stereocenters. The molecule has 1 rings (SSSR count). The van der Waals surface area contributed by atoms with E-state index in [0.29, 0.717) is 12.8 Å². The zero-order chi connectivity index (χ0) is 15.4. The third kappa shape index (κ3) is 5.25. The molecule has 118 valence electrons. The molecule has 0 aromatic heterocycles. The average Bonchev–Trinajstić information content (AvgIpc) is 2.36. The van der Waals surface area contributed by atoms with Crippen molar-refractivity contribution < 1.29 is 31.1 Å². The van der Waals surface area contributed by atoms with Crippen molar-refractivity contribution in [1.29, 1.82) is 0 Å². The summed E-state index contributed by atoms with van der Waals surface area (Å²) in [5, 5.41) is 0. The van der Waals surface area contributed by atoms with Crippen molar-refractivity contribution in [3.05, 3.63) is 0 Å². The normalized spacial score (nSPS) is 21.7. The lowest BCUT2D eigenvalue weighted by atomic mass is 10.0. The van der Waals surface area contributed by atoms with Crippen LogP contribution in [0, 0.1) is 5.92 Å². The van der Waals surface area contributed by atoms with Gasteiger partial charge in [0, 0.05) is 13.1 Å². The minimum atomic E-state index is -4.62. The predicted octanol–water partition coefficient (Wildman–Crippen LogP) is 0.658. The third-order valence-corrected chi connectivity index (χ3v) is 4.32. The lowest BCUT2D eigenvalue weighted by molar-refractivity contribution is -0.149. The predicted molar refractivity (Wildman–Crippen MR) is 63.9 cm³/mol. The van der Waals surface area contributed by atoms with E-state index in [1.165, 1.54) is 4.72 Å². The summed E-state index contributed by atoms with van der Waals surface area (Å²) in [7, 11) is -4.24. The molecule has 20 heavy (non-hydrogen) atoms. The number of piperidine rings is 1. The van der Waals surface area contributed by atoms with Gasteiger partial charge in [0.05, 0.1) is 12.5 Å². The largest absolute Gasteiger partial charge is 0.466 e. The lowest BCUT2D eigenvalue weighted by Crippen LogP contribution is -2.49. The van der Waals surface area contributed by atoms with Gasteiger partial charge in [-0.15, -0.1) is 0 Å². The van der Waals surface area contributed by atoms with Gasteiger partial charge in [-0.05, 0) is 19.8 Å². The van der Waals surface area contributed by atoms with Crippen LogP contribution in [0.15, 0.2) is 0 Å². The van der Waals surface area contributed by atoms with E-state index in [1.54, 1.807) is 6.92 Å². The summed E-state index contributed by atoms with van der Waals surface area (Å²) in [4.78, 5) is 11.5. The molecule has 1 aliphatic heterocycles. The van der Waals surface area contributed by atoms with Crippen LogP contribution in [0.3, 0.4) is 0 Å². The highest BCUT2D eigenvalue weighted by Gasteiger charge is 2.36. The number of ether oxygens (including phenoxy) is 1. The van der Waals surface area contributed by atoms with Gasteiger partial charge < -0.3 is 4.74 Å². The summed E-state index contributed by atoms with van der Waals surface area (Å²) in [6.07, 6.45) is -3.76. The van der Waals surface area contributed by atoms with Crippen LogP contribution in [0.2, 0.25) is 0 Å². The summed E-state index contributed by atoms with van der Waals surface area (Å²) in [5.74, 6) is -1.16. The Balaban J connectivity index is 2.63. The molecule has 1 aliphatic rings. The molecule has 0 aliphatic carbocycles. The first kappa shape index (κ1) is 17.2. The molecule has 6 nitrogen and oxygen atoms in total. The molecule has 0 aromatic carbocycles. The Morgan fingerprint density at radius 3 is 2.65 bits per heavy atom. The molecule has 0 bridgehead atoms. The standard InChI is InChI=1S/C10H17F3N2O4S/c1-2-19-9(16)8-4-3-5-15(6-8)20(17,18)14-7-10(11,12)13/h8,14H,2-7H2,1H3/t8-/m1/s1. The minimum absolute atomic E-state index is 0.0864. The van der Waals surface area contributed by atoms with Crippen LogP contribution in [0.4, 0.5) is 13.2 Å². The zero-order valence-electron chi connectivity index (χ0n) is 10.9. The summed E-state index contributed by atoms with van der Waals surface area (Å²) in [5.41, 5.74) is 0. The Morgan fingerprint density at radius 1 is 1.45 bits per heavy atom. The monoisotopic (exact) mass is 318 g/mol. The van der Waals surface area contributed by atoms with Crippen molar-refractivity contribution in [2.45, 2.75) is 25.9 Å². The van der Waals surface area contributed by atoms with E-state index < -0.39 is 34.8 Å². The number of nitrogens with zero attached hydrogens (tertiary/aromatic N) is 1. The van der Waals surface area contributed by atoms with Gasteiger partial charge in [0.2, 0.25) is 0 Å². The summed E-state index contributed by atoms with van der Waals surface area (Å²) >= 11 is 0. The highest BCUT2D eigenvalue weighted by Crippen LogP contribution is 2.20. The number of rotatable bonds is 5. The van der Waals surface area contributed by atoms with E-state index in [-0.39, 0.29) is 19.7 Å². The second kappa shape index (κ2) is 6.72. The van der Waals surface area contributed by atoms with E-state index in [1.807, 2.05) is 0 Å². The van der Waals surface area contributed by atoms with E-state index >= 15 is 0 Å². The Kier molecular flexibility index (Phi) is 5.78. The lowest BCUT2D eigenvalue weighted by Gasteiger charge is -2.30. The average molecular weight is 318 g/mol. The number of alkyl halides is 3. The number of esters is 1. The van der Waals surface area contributed by atoms with Gasteiger partial charge >= 0.3 is 12.1 Å². The molecule has 0 spiro atoms. The molecule has 1 saturated heterocycles. The van der Waals surface area contributed by atoms with Crippen molar-refractivity contribution in [2.24, 2.45) is 5.92 Å². The van der Waals surface area contributed by atoms with Crippen LogP contribution >= 0.6 is 0 Å². The van der Waals surface area contributed by atoms with Crippen LogP contribution in [0.25, 0.3) is 0 Å². The van der Waals surface area contributed by atoms with Crippen molar-refractivity contribution in [3.8, 4) is 0 Å². The molecule has 1 N–H and O–H groups in total. The topological polar surface area (TPSA) is 75.7 Å². The third-order valence-electron chi connectivity index (χ3n) is 2.80. The van der Waals surface area contributed by atoms with Gasteiger partial charge in [0.25, 0.3) is 10.2 Å². The number of nitrogens with one attached hydrogen (secondary N) is 1. The fourth-order valence-electron chi connectivity index (χ4n) is 1.88. The molecule has 1 atom stereocenters. The van der Waals surface area contributed by atoms with Crippen LogP contribution in [0.1, 0.15) is 19.8 Å². The Hall–Kier alpha value is -0.870. The van der Waals surface area contributed by atoms with E-state index in [9.17, 15) is 26.4 Å². The maximum atomic E-state index is 12.0. The van der Waals surface area contributed by atoms with Crippen LogP contribution in [-0.2, 0) is 19.7 Å². The van der Waals surface area contributed by atoms with Gasteiger partial charge in [-0.25, -0.2) is 0 Å². The van der Waals surface area contributed by atoms with Crippen LogP contribution in [-0.4, -0.2) is 51.1 Å². The molecule has 10 heteroatoms. The van der Waals surface area contributed by atoms with Gasteiger partial charge in [0.1, 0.15) is 6.54 Å². The first-order valence-corrected chi connectivity index (χ1v) is 7.58. The number of halogens is 3. The number of hydrogen-bond acceptors (Lipinski definition) is 4. The van der Waals surface area contributed by atoms with Gasteiger partial charge in [-0.3, -0.25) is 4.79 Å². The first-order valence-electron chi connectivity index (χ1n) is 6.14. The van der Waals surface area contributed by atoms with E-state index in [0.717, 1.165) is 4.31 Å². The van der Waals surface area contributed by atoms with Gasteiger partial charge in [0.15, 0.2) is 0 Å². The molecule has 0 radical (unpaired) electrons. The van der Waals surface area contributed by atoms with Gasteiger partial charge in [-0.2, -0.15) is 30.6 Å². The number of carbonyl (C=O) groups excluding carboxylic acids is 1. The van der Waals surface area contributed by atoms with E-state index in [4.69, 9.17) is 4.74 Å². The highest BCUT2D eigenvalue weighted by molar-refractivity contribution is 7.87. The molecule has 0 aromatic rings. The van der Waals surface area contributed by atoms with Crippen molar-refractivity contribution in [1.82, 2.24) is 9.03 Å². The molecule has 0 amide bonds. The number of carbonyl (C=O) groups is 1. The summed E-state index contributed by atoms with van der Waals surface area (Å²) < 4.78 is 66.7. The maximum Gasteiger partial charge on any atom is 0.402 e. The van der Waals surface area contributed by atoms with Crippen molar-refractivity contribution >= 4 is 16.2 Å². The van der Waals surface area contributed by atoms with Gasteiger partial charge in [-0.1, -0.05) is 0 Å². The Morgan fingerprint density at radius 2 is 2.10 bits per heavy atom. The Labute approximate surface area is 115 Å². The van der Waals surface area contributed by atoms with Crippen LogP contribution in [0.5, 0.6) is 0 Å². The van der Waals surface area contributed by atoms with Crippen molar-refractivity contribution in [2.75, 3.05) is 26.2 Å². The second-order valence-corrected chi connectivity index (χ2v) is 6.15. The second-order valence-electron chi connectivity index (χ2n) is 4.39. The minimum Gasteiger partial charge on any atom is -0.466 e. The molecule has 1 heterocycles. The highest BCUT2D eigenvalue weighted by atomic mass is 32.2. The molecule has 0 saturated carbocycles. The summed E-state index contributed by atoms with van der Waals surface area (Å²) in [6.45, 7) is 0.0968. The molecular formula is C10H17F3N2O4S. The quantitative estimate of drug-likeness (QED) is 0.756. The van der Waals surface area contributed by atoms with Crippen LogP contribution < -0.4 is 4.72 Å². The number of hydrogen-bond donors (Lipinski definition) is 1. The van der Waals surface area contributed by atoms with E-state index in [2.05, 4.69) is 0 Å². The maximum absolute atomic E-state index is 12.0. The SMILES string of the molecule is CCOC(=O)[C@@H]1CCCN(S(=O)(=O)NCC(F)(F)F)C1.